The average Bonchev–Trinajstić information content (AvgIpc) is 0.743. The van der Waals surface area contributed by atoms with E-state index in [2.05, 4.69) is 50.5 Å². The molecule has 0 aromatic heterocycles. The van der Waals surface area contributed by atoms with Crippen molar-refractivity contribution in [3.8, 4) is 40.9 Å². The Morgan fingerprint density at radius 1 is 0.808 bits per heavy atom. The number of ether oxygens (including phenoxy) is 12. The summed E-state index contributed by atoms with van der Waals surface area (Å²) >= 11 is 2.75. The molecule has 2 aromatic carbocycles. The Morgan fingerprint density at radius 3 is 2.12 bits per heavy atom. The van der Waals surface area contributed by atoms with Gasteiger partial charge in [0, 0.05) is 111 Å². The molecule has 4 saturated heterocycles. The van der Waals surface area contributed by atoms with Gasteiger partial charge in [0.05, 0.1) is 90.3 Å². The molecule has 6 amide bonds. The molecule has 37 nitrogen and oxygen atoms in total. The molecule has 130 heavy (non-hydrogen) atoms. The molecular weight excluding hydrogens is 1870 g/mol. The third-order valence-electron chi connectivity index (χ3n) is 22.9. The number of methoxy groups -OCH3 is 4. The highest BCUT2D eigenvalue weighted by Crippen LogP contribution is 2.50. The van der Waals surface area contributed by atoms with E-state index in [1.807, 2.05) is 36.4 Å². The Balaban J connectivity index is 1.01. The van der Waals surface area contributed by atoms with Crippen molar-refractivity contribution < 1.29 is 135 Å². The van der Waals surface area contributed by atoms with Crippen molar-refractivity contribution in [2.24, 2.45) is 35.1 Å². The fraction of sp³-hybridized carbons (Fsp3) is 0.640. The topological polar surface area (TPSA) is 533 Å². The maximum atomic E-state index is 14.7. The van der Waals surface area contributed by atoms with Crippen molar-refractivity contribution in [3.05, 3.63) is 79.5 Å². The number of fused-ring (bicyclic) bond motifs is 2. The van der Waals surface area contributed by atoms with Gasteiger partial charge in [-0.05, 0) is 158 Å². The number of carbonyl (C=O) groups excluding carboxylic acids is 10. The first-order valence-corrected chi connectivity index (χ1v) is 47.4. The van der Waals surface area contributed by atoms with Crippen LogP contribution in [0.2, 0.25) is 0 Å². The summed E-state index contributed by atoms with van der Waals surface area (Å²) in [6.45, 7) is 18.3. The summed E-state index contributed by atoms with van der Waals surface area (Å²) in [4.78, 5) is 143. The molecule has 0 radical (unpaired) electrons. The van der Waals surface area contributed by atoms with Crippen molar-refractivity contribution in [2.45, 2.75) is 286 Å². The monoisotopic (exact) mass is 1990 g/mol. The van der Waals surface area contributed by atoms with Gasteiger partial charge in [0.15, 0.2) is 47.5 Å². The number of hydrogen-bond donors (Lipinski definition) is 13. The number of nitrogens with two attached hydrogens (primary N) is 3. The predicted molar refractivity (Wildman–Crippen MR) is 489 cm³/mol. The number of aliphatic hydroxyl groups is 5. The number of amides is 6. The fourth-order valence-electron chi connectivity index (χ4n) is 16.1. The minimum Gasteiger partial charge on any atom is -0.492 e. The summed E-state index contributed by atoms with van der Waals surface area (Å²) in [6, 6.07) is 2.62. The maximum absolute atomic E-state index is 14.7. The number of aliphatic hydroxyl groups excluding tert-OH is 4. The molecule has 22 atom stereocenters. The van der Waals surface area contributed by atoms with E-state index in [9.17, 15) is 73.5 Å². The Hall–Kier alpha value is -7.42. The standard InChI is InChI=1S/C89H126IN9O28S3/c1-16-99(87(113)120-43-52-27-29-55(30-28-52)95-81(109)54(25-23-34-94-86(92)112)38-59(102)70(45(2)3)96-82(110)53(36-46(4)100)24-20-22-33-91)58-44-119-65(40-63(58)115-12)125-78-73(107)71(49(7)122-85(78)124-62-26-19-17-18-21-32-89(114)41-61(104)56(37-47(5)101)68(62)57(89)31-35-128-130-88(10,11)42-64(105)97-93)98-127-66-39-60(103)80(51(9)121-66)129-83(111)67-48(6)69(90)76(79(118-15)75(67)116-13)126-84-74(108)77(117-14)72(106)50(8)123-84/h17-18,27-31,45,49-51,53-54,58,60,62-63,65-66,70-74,77-78,80,84-85,98,103,106-108,114H,16,20,22-25,33-44,91,93H2,1-15H3,(H,95,109)(H,96,110)(H,97,105)(H3,92,94,112)/b18-17-,57-31+/t49-,50+,51-,53-,54-,58+,60+,62+,63+,65+,66+,70+,71-,72+,73+,74-,77-,78-,80-,84+,85+,89+/m1/s1. The molecule has 2 bridgehead atoms. The van der Waals surface area contributed by atoms with Gasteiger partial charge in [-0.2, -0.15) is 5.48 Å². The van der Waals surface area contributed by atoms with Crippen LogP contribution < -0.4 is 58.4 Å². The third-order valence-corrected chi connectivity index (χ3v) is 28.8. The zero-order valence-electron chi connectivity index (χ0n) is 75.9. The smallest absolute Gasteiger partial charge is 0.410 e. The molecule has 16 N–H and O–H groups in total. The maximum Gasteiger partial charge on any atom is 0.410 e. The lowest BCUT2D eigenvalue weighted by Gasteiger charge is -2.47. The highest BCUT2D eigenvalue weighted by atomic mass is 127. The largest absolute Gasteiger partial charge is 0.492 e. The summed E-state index contributed by atoms with van der Waals surface area (Å²) in [7, 11) is 8.11. The van der Waals surface area contributed by atoms with Crippen LogP contribution in [0.5, 0.6) is 17.2 Å². The molecule has 4 fully saturated rings. The summed E-state index contributed by atoms with van der Waals surface area (Å²) in [6.07, 6.45) is -14.9. The quantitative estimate of drug-likeness (QED) is 0.00727. The number of hydroxylamine groups is 1. The van der Waals surface area contributed by atoms with Crippen molar-refractivity contribution in [1.29, 1.82) is 0 Å². The first-order chi connectivity index (χ1) is 61.7. The second-order valence-electron chi connectivity index (χ2n) is 33.6. The Morgan fingerprint density at radius 2 is 1.49 bits per heavy atom. The molecule has 4 heterocycles. The summed E-state index contributed by atoms with van der Waals surface area (Å²) < 4.78 is 74.2. The lowest BCUT2D eigenvalue weighted by molar-refractivity contribution is -0.337. The first kappa shape index (κ1) is 108. The Bertz CT molecular complexity index is 4510. The van der Waals surface area contributed by atoms with Crippen LogP contribution in [0.15, 0.2) is 59.2 Å². The second kappa shape index (κ2) is 50.8. The first-order valence-electron chi connectivity index (χ1n) is 43.1. The van der Waals surface area contributed by atoms with Crippen molar-refractivity contribution in [2.75, 3.05) is 65.7 Å². The van der Waals surface area contributed by atoms with Crippen LogP contribution in [0, 0.1) is 51.9 Å². The molecule has 4 aliphatic heterocycles. The normalized spacial score (nSPS) is 28.0. The van der Waals surface area contributed by atoms with Crippen molar-refractivity contribution >= 4 is 120 Å². The third kappa shape index (κ3) is 29.1. The van der Waals surface area contributed by atoms with Crippen LogP contribution >= 0.6 is 55.9 Å². The van der Waals surface area contributed by atoms with E-state index < -0.39 is 203 Å². The van der Waals surface area contributed by atoms with Crippen LogP contribution in [0.1, 0.15) is 168 Å². The van der Waals surface area contributed by atoms with Crippen molar-refractivity contribution in [3.63, 3.8) is 0 Å². The molecule has 41 heteroatoms. The number of urea groups is 1. The SMILES string of the molecule is CCN(C(=O)OCc1ccc(NC(=O)[C@H](CCCNC(N)=O)CC(=O)[C@@H](NC(=O)[C@H](CCCCN)CC(C)=O)C(C)C)cc1)[C@H]1CO[C@@H](O[C@H]2[C@H](O[C@H]3C#C/C=C\C#C[C@]4(O)CC(=O)C(CC(C)=O)=C3/C4=C\CSSC(C)(C)CC(=O)NN)O[C@H](C)[C@@H](NO[C@H]3C[C@H](O)[C@H](SC(=O)c4c(C)c(I)c(O[C@@H]5O[C@@H](C)[C@H](O)[C@@H](OC)[C@H]5O)c(OC)c4OC)[C@@H](C)O3)[C@@H]2O)C[C@@H]1OC. The molecule has 0 spiro atoms. The van der Waals surface area contributed by atoms with E-state index in [0.29, 0.717) is 46.2 Å². The zero-order valence-corrected chi connectivity index (χ0v) is 80.5. The van der Waals surface area contributed by atoms with Gasteiger partial charge in [0.2, 0.25) is 34.9 Å². The lowest BCUT2D eigenvalue weighted by atomic mass is 9.72. The number of thioether (sulfide) groups is 1. The summed E-state index contributed by atoms with van der Waals surface area (Å²) in [5.74, 6) is 12.2. The number of carbonyl (C=O) groups is 10. The van der Waals surface area contributed by atoms with Gasteiger partial charge in [-0.15, -0.1) is 0 Å². The van der Waals surface area contributed by atoms with E-state index in [1.165, 1.54) is 80.9 Å². The molecule has 720 valence electrons. The van der Waals surface area contributed by atoms with Gasteiger partial charge in [-0.3, -0.25) is 43.8 Å². The van der Waals surface area contributed by atoms with Gasteiger partial charge in [-0.25, -0.2) is 15.4 Å². The van der Waals surface area contributed by atoms with Gasteiger partial charge < -0.3 is 119 Å². The number of Topliss-reactive ketones (excluding diaryl/α,β-unsaturated/α-hetero) is 4. The van der Waals surface area contributed by atoms with Gasteiger partial charge in [0.1, 0.15) is 54.8 Å². The predicted octanol–water partition coefficient (Wildman–Crippen LogP) is 5.62. The number of primary amides is 1. The van der Waals surface area contributed by atoms with E-state index in [0.717, 1.165) is 11.8 Å². The lowest BCUT2D eigenvalue weighted by Crippen LogP contribution is -2.65. The number of halogens is 1. The molecule has 6 aliphatic rings. The number of unbranched alkanes of at least 4 members (excludes halogenated alkanes) is 1. The van der Waals surface area contributed by atoms with E-state index >= 15 is 0 Å². The Kier molecular flexibility index (Phi) is 42.2. The summed E-state index contributed by atoms with van der Waals surface area (Å²) in [5.41, 5.74) is 15.3. The number of ketones is 4. The number of nitrogens with zero attached hydrogens (tertiary/aromatic N) is 1. The number of likely N-dealkylation sites (N-methyl/N-ethyl adjacent to an activating group) is 1. The van der Waals surface area contributed by atoms with E-state index in [1.54, 1.807) is 78.8 Å². The molecule has 2 aliphatic carbocycles. The fourth-order valence-corrected chi connectivity index (χ4v) is 20.3. The number of rotatable bonds is 45. The van der Waals surface area contributed by atoms with E-state index in [4.69, 9.17) is 79.0 Å². The average molecular weight is 1990 g/mol. The molecular formula is C89H126IN9O28S3. The van der Waals surface area contributed by atoms with Crippen LogP contribution in [0.4, 0.5) is 15.3 Å². The number of hydrogen-bond acceptors (Lipinski definition) is 34. The van der Waals surface area contributed by atoms with Gasteiger partial charge in [-0.1, -0.05) is 95.5 Å². The van der Waals surface area contributed by atoms with Crippen LogP contribution in [-0.4, -0.2) is 275 Å². The van der Waals surface area contributed by atoms with Crippen LogP contribution in [-0.2, 0) is 87.6 Å². The number of nitrogens with one attached hydrogen (secondary N) is 5. The molecule has 2 aromatic rings. The summed E-state index contributed by atoms with van der Waals surface area (Å²) in [5, 5.41) is 66.3. The molecule has 8 rings (SSSR count). The highest BCUT2D eigenvalue weighted by molar-refractivity contribution is 14.1. The van der Waals surface area contributed by atoms with Crippen molar-refractivity contribution in [1.82, 2.24) is 26.4 Å². The van der Waals surface area contributed by atoms with Crippen LogP contribution in [0.25, 0.3) is 0 Å². The zero-order chi connectivity index (χ0) is 95.8. The number of allylic oxidation sites excluding steroid dienone is 3. The van der Waals surface area contributed by atoms with Gasteiger partial charge in [0.25, 0.3) is 0 Å². The molecule has 0 unspecified atom stereocenters. The van der Waals surface area contributed by atoms with Gasteiger partial charge >= 0.3 is 12.1 Å². The second-order valence-corrected chi connectivity index (χ2v) is 38.9. The number of anilines is 1. The van der Waals surface area contributed by atoms with E-state index in [-0.39, 0.29) is 128 Å². The molecule has 0 saturated carbocycles. The highest BCUT2D eigenvalue weighted by Gasteiger charge is 2.53. The minimum absolute atomic E-state index is 0.00177. The Labute approximate surface area is 783 Å². The number of benzene rings is 2. The number of hydrazine groups is 1. The van der Waals surface area contributed by atoms with Crippen LogP contribution in [0.3, 0.4) is 0 Å². The minimum atomic E-state index is -2.18.